The predicted octanol–water partition coefficient (Wildman–Crippen LogP) is 1.74. The molecule has 0 saturated carbocycles. The van der Waals surface area contributed by atoms with Gasteiger partial charge in [-0.15, -0.1) is 0 Å². The van der Waals surface area contributed by atoms with Gasteiger partial charge in [-0.2, -0.15) is 18.2 Å². The second-order valence-corrected chi connectivity index (χ2v) is 2.64. The fourth-order valence-corrected chi connectivity index (χ4v) is 0.764. The number of hydrogen-bond acceptors (Lipinski definition) is 4. The fourth-order valence-electron chi connectivity index (χ4n) is 0.764. The van der Waals surface area contributed by atoms with Gasteiger partial charge < -0.3 is 14.8 Å². The standard InChI is InChI=1S/C7H7F3N2O3/c8-7(9,10)1-2-11-6-12-4(3-15-6)5(13)14/h3H,1-2H2,(H,11,12)(H,13,14). The summed E-state index contributed by atoms with van der Waals surface area (Å²) in [6.07, 6.45) is -4.47. The van der Waals surface area contributed by atoms with Crippen LogP contribution in [0.1, 0.15) is 16.9 Å². The van der Waals surface area contributed by atoms with Crippen LogP contribution in [0.25, 0.3) is 0 Å². The summed E-state index contributed by atoms with van der Waals surface area (Å²) in [5.74, 6) is -1.30. The summed E-state index contributed by atoms with van der Waals surface area (Å²) in [7, 11) is 0. The summed E-state index contributed by atoms with van der Waals surface area (Å²) < 4.78 is 39.7. The molecule has 0 aliphatic rings. The van der Waals surface area contributed by atoms with E-state index in [1.807, 2.05) is 0 Å². The van der Waals surface area contributed by atoms with Crippen LogP contribution in [-0.2, 0) is 0 Å². The number of halogens is 3. The van der Waals surface area contributed by atoms with E-state index in [2.05, 4.69) is 14.7 Å². The third-order valence-electron chi connectivity index (χ3n) is 1.41. The molecule has 1 heterocycles. The number of oxazole rings is 1. The maximum absolute atomic E-state index is 11.7. The molecule has 1 rings (SSSR count). The number of anilines is 1. The SMILES string of the molecule is O=C(O)c1coc(NCCC(F)(F)F)n1. The number of carbonyl (C=O) groups is 1. The first-order chi connectivity index (χ1) is 6.88. The number of aromatic carboxylic acids is 1. The molecule has 0 radical (unpaired) electrons. The highest BCUT2D eigenvalue weighted by Crippen LogP contribution is 2.19. The topological polar surface area (TPSA) is 75.4 Å². The number of hydrogen-bond donors (Lipinski definition) is 2. The number of nitrogens with zero attached hydrogens (tertiary/aromatic N) is 1. The van der Waals surface area contributed by atoms with Gasteiger partial charge in [0.15, 0.2) is 5.69 Å². The Morgan fingerprint density at radius 2 is 2.27 bits per heavy atom. The van der Waals surface area contributed by atoms with Gasteiger partial charge in [-0.1, -0.05) is 0 Å². The molecule has 8 heteroatoms. The van der Waals surface area contributed by atoms with Crippen LogP contribution in [0.5, 0.6) is 0 Å². The van der Waals surface area contributed by atoms with E-state index in [0.717, 1.165) is 6.26 Å². The zero-order valence-corrected chi connectivity index (χ0v) is 7.34. The molecule has 1 aromatic rings. The number of carboxylic acids is 1. The molecule has 84 valence electrons. The second kappa shape index (κ2) is 4.20. The van der Waals surface area contributed by atoms with Crippen LogP contribution < -0.4 is 5.32 Å². The molecular weight excluding hydrogens is 217 g/mol. The van der Waals surface area contributed by atoms with E-state index in [9.17, 15) is 18.0 Å². The third-order valence-corrected chi connectivity index (χ3v) is 1.41. The Bertz CT molecular complexity index is 347. The molecule has 0 aliphatic carbocycles. The molecule has 1 aromatic heterocycles. The van der Waals surface area contributed by atoms with Crippen molar-refractivity contribution in [1.82, 2.24) is 4.98 Å². The molecular formula is C7H7F3N2O3. The van der Waals surface area contributed by atoms with Crippen molar-refractivity contribution in [2.24, 2.45) is 0 Å². The van der Waals surface area contributed by atoms with Crippen LogP contribution in [0, 0.1) is 0 Å². The largest absolute Gasteiger partial charge is 0.476 e. The number of carboxylic acid groups (broad SMARTS) is 1. The Labute approximate surface area is 81.9 Å². The highest BCUT2D eigenvalue weighted by atomic mass is 19.4. The zero-order valence-electron chi connectivity index (χ0n) is 7.34. The van der Waals surface area contributed by atoms with Gasteiger partial charge in [0.25, 0.3) is 6.01 Å². The van der Waals surface area contributed by atoms with Crippen LogP contribution in [0.2, 0.25) is 0 Å². The van der Waals surface area contributed by atoms with E-state index >= 15 is 0 Å². The lowest BCUT2D eigenvalue weighted by atomic mass is 10.4. The predicted molar refractivity (Wildman–Crippen MR) is 42.6 cm³/mol. The number of aromatic nitrogens is 1. The number of rotatable bonds is 4. The van der Waals surface area contributed by atoms with Crippen molar-refractivity contribution in [2.45, 2.75) is 12.6 Å². The van der Waals surface area contributed by atoms with Crippen LogP contribution in [-0.4, -0.2) is 28.8 Å². The molecule has 0 atom stereocenters. The van der Waals surface area contributed by atoms with Gasteiger partial charge in [0.1, 0.15) is 6.26 Å². The second-order valence-electron chi connectivity index (χ2n) is 2.64. The van der Waals surface area contributed by atoms with Gasteiger partial charge in [0, 0.05) is 6.54 Å². The summed E-state index contributed by atoms with van der Waals surface area (Å²) in [5, 5.41) is 10.6. The van der Waals surface area contributed by atoms with Crippen molar-refractivity contribution in [2.75, 3.05) is 11.9 Å². The van der Waals surface area contributed by atoms with Crippen LogP contribution in [0.3, 0.4) is 0 Å². The van der Waals surface area contributed by atoms with E-state index in [4.69, 9.17) is 5.11 Å². The maximum atomic E-state index is 11.7. The van der Waals surface area contributed by atoms with Crippen LogP contribution in [0.4, 0.5) is 19.2 Å². The van der Waals surface area contributed by atoms with E-state index < -0.39 is 25.1 Å². The average molecular weight is 224 g/mol. The minimum atomic E-state index is -4.27. The minimum Gasteiger partial charge on any atom is -0.476 e. The lowest BCUT2D eigenvalue weighted by molar-refractivity contribution is -0.131. The van der Waals surface area contributed by atoms with Crippen LogP contribution in [0.15, 0.2) is 10.7 Å². The molecule has 0 aliphatic heterocycles. The smallest absolute Gasteiger partial charge is 0.390 e. The summed E-state index contributed by atoms with van der Waals surface area (Å²) in [4.78, 5) is 13.7. The molecule has 0 amide bonds. The molecule has 0 aromatic carbocycles. The highest BCUT2D eigenvalue weighted by molar-refractivity contribution is 5.85. The Hall–Kier alpha value is -1.73. The molecule has 0 unspecified atom stereocenters. The molecule has 0 saturated heterocycles. The van der Waals surface area contributed by atoms with Gasteiger partial charge in [0.2, 0.25) is 0 Å². The Morgan fingerprint density at radius 3 is 2.73 bits per heavy atom. The zero-order chi connectivity index (χ0) is 11.5. The summed E-state index contributed by atoms with van der Waals surface area (Å²) in [6, 6.07) is -0.239. The van der Waals surface area contributed by atoms with Crippen molar-refractivity contribution in [1.29, 1.82) is 0 Å². The molecule has 0 fully saturated rings. The molecule has 15 heavy (non-hydrogen) atoms. The van der Waals surface area contributed by atoms with Crippen molar-refractivity contribution in [3.8, 4) is 0 Å². The normalized spacial score (nSPS) is 11.4. The fraction of sp³-hybridized carbons (Fsp3) is 0.429. The van der Waals surface area contributed by atoms with Gasteiger partial charge >= 0.3 is 12.1 Å². The minimum absolute atomic E-state index is 0.239. The van der Waals surface area contributed by atoms with Gasteiger partial charge in [0.05, 0.1) is 6.42 Å². The Morgan fingerprint density at radius 1 is 1.60 bits per heavy atom. The van der Waals surface area contributed by atoms with E-state index in [0.29, 0.717) is 0 Å². The first kappa shape index (κ1) is 11.3. The van der Waals surface area contributed by atoms with E-state index in [-0.39, 0.29) is 11.7 Å². The monoisotopic (exact) mass is 224 g/mol. The average Bonchev–Trinajstić information content (AvgIpc) is 2.50. The van der Waals surface area contributed by atoms with Crippen molar-refractivity contribution in [3.05, 3.63) is 12.0 Å². The van der Waals surface area contributed by atoms with Crippen molar-refractivity contribution >= 4 is 12.0 Å². The summed E-state index contributed by atoms with van der Waals surface area (Å²) >= 11 is 0. The molecule has 5 nitrogen and oxygen atoms in total. The first-order valence-corrected chi connectivity index (χ1v) is 3.88. The Balaban J connectivity index is 2.41. The molecule has 2 N–H and O–H groups in total. The number of alkyl halides is 3. The van der Waals surface area contributed by atoms with Gasteiger partial charge in [-0.25, -0.2) is 4.79 Å². The third kappa shape index (κ3) is 3.88. The Kier molecular flexibility index (Phi) is 3.17. The quantitative estimate of drug-likeness (QED) is 0.814. The lowest BCUT2D eigenvalue weighted by Crippen LogP contribution is -2.14. The lowest BCUT2D eigenvalue weighted by Gasteiger charge is -2.05. The highest BCUT2D eigenvalue weighted by Gasteiger charge is 2.26. The van der Waals surface area contributed by atoms with Crippen molar-refractivity contribution < 1.29 is 27.5 Å². The molecule has 0 bridgehead atoms. The molecule has 0 spiro atoms. The van der Waals surface area contributed by atoms with Crippen LogP contribution >= 0.6 is 0 Å². The van der Waals surface area contributed by atoms with Gasteiger partial charge in [-0.3, -0.25) is 0 Å². The van der Waals surface area contributed by atoms with Gasteiger partial charge in [-0.05, 0) is 0 Å². The van der Waals surface area contributed by atoms with E-state index in [1.165, 1.54) is 0 Å². The summed E-state index contributed by atoms with van der Waals surface area (Å²) in [5.41, 5.74) is -0.357. The summed E-state index contributed by atoms with van der Waals surface area (Å²) in [6.45, 7) is -0.414. The maximum Gasteiger partial charge on any atom is 0.390 e. The van der Waals surface area contributed by atoms with E-state index in [1.54, 1.807) is 0 Å². The van der Waals surface area contributed by atoms with Crippen molar-refractivity contribution in [3.63, 3.8) is 0 Å². The number of nitrogens with one attached hydrogen (secondary N) is 1. The first-order valence-electron chi connectivity index (χ1n) is 3.88.